The van der Waals surface area contributed by atoms with Gasteiger partial charge in [-0.1, -0.05) is 74.0 Å². The van der Waals surface area contributed by atoms with E-state index < -0.39 is 58.8 Å². The SMILES string of the molecule is Cc1cc(C(C(=O)N2C[C@H](O)C[C@H]2C(=O)NC(CC(=O)NCCCCCC(=O)N2CCN(Cc3cccc(-c4ccc(N5CCN(C)CC5)c(NC(=O)c5c[nH]c(=O)cc5C(F)(F)F)c4)c3)CC2)c2ccc(-c3scnc3C)cc2)C(C)C)on1. The van der Waals surface area contributed by atoms with Crippen LogP contribution < -0.4 is 26.4 Å². The van der Waals surface area contributed by atoms with E-state index in [4.69, 9.17) is 4.52 Å². The zero-order chi connectivity index (χ0) is 60.5. The number of benzene rings is 3. The number of aryl methyl sites for hydroxylation is 2. The van der Waals surface area contributed by atoms with Crippen molar-refractivity contribution in [3.63, 3.8) is 0 Å². The third kappa shape index (κ3) is 15.6. The van der Waals surface area contributed by atoms with Gasteiger partial charge in [-0.25, -0.2) is 4.98 Å². The number of hydrogen-bond acceptors (Lipinski definition) is 14. The summed E-state index contributed by atoms with van der Waals surface area (Å²) in [6.45, 7) is 13.7. The maximum atomic E-state index is 14.2. The monoisotopic (exact) mass is 1190 g/mol. The van der Waals surface area contributed by atoms with Crippen LogP contribution in [0.25, 0.3) is 21.6 Å². The number of aromatic amines is 1. The second-order valence-corrected chi connectivity index (χ2v) is 23.6. The van der Waals surface area contributed by atoms with Crippen molar-refractivity contribution in [2.75, 3.05) is 82.7 Å². The van der Waals surface area contributed by atoms with Crippen molar-refractivity contribution in [1.29, 1.82) is 0 Å². The Balaban J connectivity index is 0.752. The molecule has 0 saturated carbocycles. The Kier molecular flexibility index (Phi) is 20.0. The molecule has 3 aromatic carbocycles. The number of β-amino-alcohol motifs (C(OH)–C–C–N with tert-alkyl or cyclic N) is 1. The van der Waals surface area contributed by atoms with Gasteiger partial charge in [0.1, 0.15) is 17.7 Å². The topological polar surface area (TPSA) is 230 Å². The number of nitrogens with one attached hydrogen (secondary N) is 4. The molecular weight excluding hydrogens is 1120 g/mol. The Hall–Kier alpha value is -7.73. The van der Waals surface area contributed by atoms with E-state index in [-0.39, 0.29) is 43.0 Å². The molecule has 6 aromatic rings. The molecule has 0 bridgehead atoms. The molecule has 3 fully saturated rings. The van der Waals surface area contributed by atoms with Crippen LogP contribution in [0.1, 0.15) is 109 Å². The van der Waals surface area contributed by atoms with Gasteiger partial charge in [-0.3, -0.25) is 33.7 Å². The first-order valence-corrected chi connectivity index (χ1v) is 29.8. The lowest BCUT2D eigenvalue weighted by Gasteiger charge is -2.35. The fourth-order valence-electron chi connectivity index (χ4n) is 11.4. The number of amides is 5. The van der Waals surface area contributed by atoms with Crippen molar-refractivity contribution in [2.24, 2.45) is 5.92 Å². The fraction of sp³-hybridized carbons (Fsp3) is 0.452. The Morgan fingerprint density at radius 1 is 0.871 bits per heavy atom. The minimum atomic E-state index is -4.92. The largest absolute Gasteiger partial charge is 0.417 e. The number of rotatable bonds is 21. The number of carbonyl (C=O) groups is 5. The summed E-state index contributed by atoms with van der Waals surface area (Å²) >= 11 is 1.52. The number of pyridine rings is 1. The molecule has 452 valence electrons. The number of likely N-dealkylation sites (N-methyl/N-ethyl adjacent to an activating group) is 1. The van der Waals surface area contributed by atoms with Gasteiger partial charge in [0.05, 0.1) is 62.8 Å². The van der Waals surface area contributed by atoms with E-state index in [1.54, 1.807) is 24.6 Å². The zero-order valence-corrected chi connectivity index (χ0v) is 49.4. The number of unbranched alkanes of at least 4 members (excludes halogenated alkanes) is 2. The lowest BCUT2D eigenvalue weighted by atomic mass is 9.91. The first-order chi connectivity index (χ1) is 40.7. The van der Waals surface area contributed by atoms with Crippen LogP contribution in [0.4, 0.5) is 24.5 Å². The molecule has 9 rings (SSSR count). The molecule has 2 unspecified atom stereocenters. The van der Waals surface area contributed by atoms with Gasteiger partial charge in [0, 0.05) is 103 Å². The van der Waals surface area contributed by atoms with Crippen molar-refractivity contribution < 1.29 is 46.8 Å². The van der Waals surface area contributed by atoms with Crippen molar-refractivity contribution in [1.82, 2.24) is 45.4 Å². The van der Waals surface area contributed by atoms with Gasteiger partial charge in [0.25, 0.3) is 5.91 Å². The molecule has 23 heteroatoms. The Morgan fingerprint density at radius 2 is 1.60 bits per heavy atom. The van der Waals surface area contributed by atoms with E-state index >= 15 is 0 Å². The highest BCUT2D eigenvalue weighted by Crippen LogP contribution is 2.37. The van der Waals surface area contributed by atoms with Crippen molar-refractivity contribution in [2.45, 2.75) is 103 Å². The number of hydrogen-bond donors (Lipinski definition) is 5. The summed E-state index contributed by atoms with van der Waals surface area (Å²) in [5.41, 5.74) is 5.61. The molecule has 19 nitrogen and oxygen atoms in total. The van der Waals surface area contributed by atoms with Crippen molar-refractivity contribution in [3.8, 4) is 21.6 Å². The maximum absolute atomic E-state index is 14.2. The number of nitrogens with zero attached hydrogens (tertiary/aromatic N) is 7. The van der Waals surface area contributed by atoms with E-state index in [1.807, 2.05) is 93.4 Å². The third-order valence-corrected chi connectivity index (χ3v) is 17.1. The van der Waals surface area contributed by atoms with Crippen LogP contribution >= 0.6 is 11.3 Å². The van der Waals surface area contributed by atoms with Crippen LogP contribution in [0.3, 0.4) is 0 Å². The van der Waals surface area contributed by atoms with Gasteiger partial charge >= 0.3 is 6.18 Å². The summed E-state index contributed by atoms with van der Waals surface area (Å²) in [5.74, 6) is -2.55. The number of thiazole rings is 1. The van der Waals surface area contributed by atoms with Crippen LogP contribution in [0.5, 0.6) is 0 Å². The Morgan fingerprint density at radius 3 is 2.28 bits per heavy atom. The molecule has 6 heterocycles. The number of carbonyl (C=O) groups excluding carboxylic acids is 5. The summed E-state index contributed by atoms with van der Waals surface area (Å²) in [5, 5.41) is 23.6. The molecule has 0 spiro atoms. The Bertz CT molecular complexity index is 3390. The standard InChI is InChI=1S/C62H74F3N11O8S/c1-38(2)57(53-28-39(3)71-84-53)61(83)76-36-46(77)31-52(76)60(82)69-49(42-13-15-43(16-14-42)58-40(4)68-37-85-58)33-55(79)66-19-8-6-7-12-56(80)75-26-22-73(23-27-75)35-41-10-9-11-44(29-41)45-17-18-51(74-24-20-72(5)21-25-74)50(30-45)70-59(81)47-34-67-54(78)32-48(47)62(63,64)65/h9-11,13-18,28-30,32,34,37-38,46,49,52,57,77H,6-8,12,19-27,31,33,35-36H2,1-5H3,(H,66,79)(H,67,78)(H,69,82)(H,70,81)/t46-,49?,52+,57?/m1/s1. The van der Waals surface area contributed by atoms with Gasteiger partial charge in [0.15, 0.2) is 0 Å². The second-order valence-electron chi connectivity index (χ2n) is 22.8. The molecule has 3 aliphatic rings. The first-order valence-electron chi connectivity index (χ1n) is 29.0. The predicted molar refractivity (Wildman–Crippen MR) is 318 cm³/mol. The number of alkyl halides is 3. The van der Waals surface area contributed by atoms with E-state index in [9.17, 15) is 47.0 Å². The average molecular weight is 1190 g/mol. The van der Waals surface area contributed by atoms with E-state index in [1.165, 1.54) is 16.2 Å². The number of anilines is 2. The number of likely N-dealkylation sites (tertiary alicyclic amines) is 1. The van der Waals surface area contributed by atoms with Gasteiger partial charge in [-0.05, 0) is 85.7 Å². The van der Waals surface area contributed by atoms with Crippen LogP contribution in [0.2, 0.25) is 0 Å². The third-order valence-electron chi connectivity index (χ3n) is 16.1. The van der Waals surface area contributed by atoms with Crippen LogP contribution in [-0.4, -0.2) is 154 Å². The zero-order valence-electron chi connectivity index (χ0n) is 48.5. The molecule has 3 aromatic heterocycles. The van der Waals surface area contributed by atoms with E-state index in [0.717, 1.165) is 52.1 Å². The van der Waals surface area contributed by atoms with Gasteiger partial charge in [0.2, 0.25) is 29.2 Å². The Labute approximate surface area is 495 Å². The van der Waals surface area contributed by atoms with Crippen molar-refractivity contribution >= 4 is 52.2 Å². The number of halogens is 3. The quantitative estimate of drug-likeness (QED) is 0.0435. The smallest absolute Gasteiger partial charge is 0.391 e. The molecule has 3 saturated heterocycles. The summed E-state index contributed by atoms with van der Waals surface area (Å²) in [7, 11) is 2.01. The maximum Gasteiger partial charge on any atom is 0.417 e. The predicted octanol–water partition coefficient (Wildman–Crippen LogP) is 7.76. The summed E-state index contributed by atoms with van der Waals surface area (Å²) in [6, 6.07) is 21.5. The van der Waals surface area contributed by atoms with Gasteiger partial charge < -0.3 is 50.2 Å². The number of aromatic nitrogens is 3. The van der Waals surface area contributed by atoms with Crippen LogP contribution in [-0.2, 0) is 31.9 Å². The highest BCUT2D eigenvalue weighted by atomic mass is 32.1. The summed E-state index contributed by atoms with van der Waals surface area (Å²) in [6.07, 6.45) is -2.73. The molecule has 3 aliphatic heterocycles. The first kappa shape index (κ1) is 61.8. The number of aliphatic hydroxyl groups is 1. The van der Waals surface area contributed by atoms with E-state index in [0.29, 0.717) is 113 Å². The lowest BCUT2D eigenvalue weighted by molar-refractivity contribution is -0.141. The normalized spacial score (nSPS) is 17.7. The molecule has 4 atom stereocenters. The molecule has 85 heavy (non-hydrogen) atoms. The van der Waals surface area contributed by atoms with Gasteiger partial charge in [-0.15, -0.1) is 11.3 Å². The number of aliphatic hydroxyl groups excluding tert-OH is 1. The second kappa shape index (κ2) is 27.5. The number of H-pyrrole nitrogens is 1. The highest BCUT2D eigenvalue weighted by molar-refractivity contribution is 7.13. The summed E-state index contributed by atoms with van der Waals surface area (Å²) < 4.78 is 47.5. The van der Waals surface area contributed by atoms with Crippen LogP contribution in [0, 0.1) is 19.8 Å². The minimum Gasteiger partial charge on any atom is -0.391 e. The summed E-state index contributed by atoms with van der Waals surface area (Å²) in [4.78, 5) is 98.3. The minimum absolute atomic E-state index is 0.0265. The molecule has 5 N–H and O–H groups in total. The number of piperazine rings is 2. The van der Waals surface area contributed by atoms with Crippen LogP contribution in [0.15, 0.2) is 99.9 Å². The fourth-order valence-corrected chi connectivity index (χ4v) is 12.2. The molecular formula is C62H74F3N11O8S. The lowest BCUT2D eigenvalue weighted by Crippen LogP contribution is -2.49. The van der Waals surface area contributed by atoms with E-state index in [2.05, 4.69) is 45.8 Å². The van der Waals surface area contributed by atoms with Crippen molar-refractivity contribution in [3.05, 3.63) is 140 Å². The molecule has 0 radical (unpaired) electrons. The van der Waals surface area contributed by atoms with Gasteiger partial charge in [-0.2, -0.15) is 13.2 Å². The highest BCUT2D eigenvalue weighted by Gasteiger charge is 2.44. The molecule has 5 amide bonds. The average Bonchev–Trinajstić information content (AvgIpc) is 3.08. The molecule has 0 aliphatic carbocycles.